The van der Waals surface area contributed by atoms with Crippen molar-refractivity contribution >= 4 is 23.5 Å². The minimum Gasteiger partial charge on any atom is -0.463 e. The van der Waals surface area contributed by atoms with Gasteiger partial charge in [0.15, 0.2) is 0 Å². The van der Waals surface area contributed by atoms with Crippen LogP contribution in [0.2, 0.25) is 0 Å². The van der Waals surface area contributed by atoms with Gasteiger partial charge in [-0.2, -0.15) is 0 Å². The van der Waals surface area contributed by atoms with Crippen molar-refractivity contribution in [1.29, 1.82) is 0 Å². The van der Waals surface area contributed by atoms with Crippen LogP contribution in [0.5, 0.6) is 0 Å². The van der Waals surface area contributed by atoms with Crippen molar-refractivity contribution in [3.05, 3.63) is 65.2 Å². The molecule has 0 unspecified atom stereocenters. The summed E-state index contributed by atoms with van der Waals surface area (Å²) in [7, 11) is 0. The fourth-order valence-electron chi connectivity index (χ4n) is 3.53. The van der Waals surface area contributed by atoms with Gasteiger partial charge in [0.1, 0.15) is 0 Å². The lowest BCUT2D eigenvalue weighted by Crippen LogP contribution is -2.31. The van der Waals surface area contributed by atoms with E-state index in [-0.39, 0.29) is 30.3 Å². The molecule has 0 bridgehead atoms. The highest BCUT2D eigenvalue weighted by atomic mass is 16.5. The van der Waals surface area contributed by atoms with Crippen LogP contribution in [0.1, 0.15) is 54.7 Å². The minimum absolute atomic E-state index is 0.00578. The van der Waals surface area contributed by atoms with Gasteiger partial charge in [-0.05, 0) is 49.6 Å². The van der Waals surface area contributed by atoms with Crippen molar-refractivity contribution in [2.24, 2.45) is 0 Å². The number of nitrogens with one attached hydrogen (secondary N) is 1. The Morgan fingerprint density at radius 2 is 1.83 bits per heavy atom. The third-order valence-electron chi connectivity index (χ3n) is 4.86. The molecule has 1 aliphatic rings. The molecule has 0 aromatic heterocycles. The van der Waals surface area contributed by atoms with E-state index in [2.05, 4.69) is 5.32 Å². The highest BCUT2D eigenvalue weighted by Gasteiger charge is 2.25. The lowest BCUT2D eigenvalue weighted by atomic mass is 10.0. The van der Waals surface area contributed by atoms with Crippen LogP contribution in [-0.4, -0.2) is 30.4 Å². The third kappa shape index (κ3) is 5.02. The topological polar surface area (TPSA) is 75.7 Å². The molecule has 2 aromatic rings. The SMILES string of the molecule is CC(=O)N1CCc2cc(C(=O)N[C@@H](CC(=O)OC(C)C)c3ccccc3)ccc21. The normalized spacial score (nSPS) is 13.7. The molecule has 0 spiro atoms. The average molecular weight is 394 g/mol. The first-order chi connectivity index (χ1) is 13.8. The molecule has 0 fully saturated rings. The van der Waals surface area contributed by atoms with Crippen molar-refractivity contribution in [1.82, 2.24) is 5.32 Å². The summed E-state index contributed by atoms with van der Waals surface area (Å²) >= 11 is 0. The van der Waals surface area contributed by atoms with Crippen LogP contribution < -0.4 is 10.2 Å². The molecule has 3 rings (SSSR count). The molecule has 0 saturated carbocycles. The van der Waals surface area contributed by atoms with E-state index < -0.39 is 6.04 Å². The van der Waals surface area contributed by atoms with Gasteiger partial charge in [-0.1, -0.05) is 30.3 Å². The maximum absolute atomic E-state index is 12.9. The fourth-order valence-corrected chi connectivity index (χ4v) is 3.53. The number of carbonyl (C=O) groups excluding carboxylic acids is 3. The van der Waals surface area contributed by atoms with Gasteiger partial charge in [0.25, 0.3) is 5.91 Å². The van der Waals surface area contributed by atoms with Crippen molar-refractivity contribution < 1.29 is 19.1 Å². The summed E-state index contributed by atoms with van der Waals surface area (Å²) in [6.07, 6.45) is 0.561. The van der Waals surface area contributed by atoms with Gasteiger partial charge in [-0.3, -0.25) is 14.4 Å². The zero-order valence-corrected chi connectivity index (χ0v) is 17.0. The molecule has 1 aliphatic heterocycles. The predicted octanol–water partition coefficient (Wildman–Crippen LogP) is 3.41. The molecule has 2 aromatic carbocycles. The molecule has 0 saturated heterocycles. The largest absolute Gasteiger partial charge is 0.463 e. The number of benzene rings is 2. The van der Waals surface area contributed by atoms with Gasteiger partial charge in [0, 0.05) is 24.7 Å². The number of fused-ring (bicyclic) bond motifs is 1. The number of amides is 2. The molecule has 1 atom stereocenters. The van der Waals surface area contributed by atoms with Gasteiger partial charge < -0.3 is 15.0 Å². The first-order valence-corrected chi connectivity index (χ1v) is 9.81. The molecule has 0 aliphatic carbocycles. The van der Waals surface area contributed by atoms with Crippen molar-refractivity contribution in [2.75, 3.05) is 11.4 Å². The van der Waals surface area contributed by atoms with E-state index in [1.165, 1.54) is 6.92 Å². The quantitative estimate of drug-likeness (QED) is 0.762. The van der Waals surface area contributed by atoms with Crippen LogP contribution in [0, 0.1) is 0 Å². The molecule has 0 radical (unpaired) electrons. The molecule has 2 amide bonds. The molecule has 1 heterocycles. The van der Waals surface area contributed by atoms with E-state index in [1.807, 2.05) is 42.5 Å². The Morgan fingerprint density at radius 3 is 2.48 bits per heavy atom. The summed E-state index contributed by atoms with van der Waals surface area (Å²) in [4.78, 5) is 38.5. The van der Waals surface area contributed by atoms with Crippen molar-refractivity contribution in [3.63, 3.8) is 0 Å². The lowest BCUT2D eigenvalue weighted by Gasteiger charge is -2.20. The van der Waals surface area contributed by atoms with Crippen molar-refractivity contribution in [2.45, 2.75) is 45.8 Å². The summed E-state index contributed by atoms with van der Waals surface area (Å²) in [6.45, 7) is 5.76. The second kappa shape index (κ2) is 8.90. The molecule has 6 heteroatoms. The number of nitrogens with zero attached hydrogens (tertiary/aromatic N) is 1. The first kappa shape index (κ1) is 20.6. The summed E-state index contributed by atoms with van der Waals surface area (Å²) < 4.78 is 5.26. The third-order valence-corrected chi connectivity index (χ3v) is 4.86. The zero-order chi connectivity index (χ0) is 21.0. The van der Waals surface area contributed by atoms with E-state index in [9.17, 15) is 14.4 Å². The highest BCUT2D eigenvalue weighted by Crippen LogP contribution is 2.29. The van der Waals surface area contributed by atoms with Gasteiger partial charge in [0.05, 0.1) is 18.6 Å². The number of esters is 1. The van der Waals surface area contributed by atoms with Crippen LogP contribution >= 0.6 is 0 Å². The molecule has 6 nitrogen and oxygen atoms in total. The van der Waals surface area contributed by atoms with Crippen LogP contribution in [0.15, 0.2) is 48.5 Å². The van der Waals surface area contributed by atoms with Gasteiger partial charge >= 0.3 is 5.97 Å². The first-order valence-electron chi connectivity index (χ1n) is 9.81. The van der Waals surface area contributed by atoms with Gasteiger partial charge in [-0.15, -0.1) is 0 Å². The molecular formula is C23H26N2O4. The monoisotopic (exact) mass is 394 g/mol. The Hall–Kier alpha value is -3.15. The Kier molecular flexibility index (Phi) is 6.32. The number of hydrogen-bond acceptors (Lipinski definition) is 4. The summed E-state index contributed by atoms with van der Waals surface area (Å²) in [6, 6.07) is 14.2. The highest BCUT2D eigenvalue weighted by molar-refractivity contribution is 5.98. The maximum atomic E-state index is 12.9. The Balaban J connectivity index is 1.78. The summed E-state index contributed by atoms with van der Waals surface area (Å²) in [5.74, 6) is -0.630. The predicted molar refractivity (Wildman–Crippen MR) is 111 cm³/mol. The molecule has 152 valence electrons. The van der Waals surface area contributed by atoms with Crippen LogP contribution in [0.3, 0.4) is 0 Å². The number of carbonyl (C=O) groups is 3. The smallest absolute Gasteiger partial charge is 0.308 e. The number of rotatable bonds is 6. The lowest BCUT2D eigenvalue weighted by molar-refractivity contribution is -0.148. The molecular weight excluding hydrogens is 368 g/mol. The maximum Gasteiger partial charge on any atom is 0.308 e. The van der Waals surface area contributed by atoms with Crippen LogP contribution in [-0.2, 0) is 20.7 Å². The van der Waals surface area contributed by atoms with Crippen molar-refractivity contribution in [3.8, 4) is 0 Å². The second-order valence-electron chi connectivity index (χ2n) is 7.44. The average Bonchev–Trinajstić information content (AvgIpc) is 3.11. The van der Waals surface area contributed by atoms with Crippen LogP contribution in [0.25, 0.3) is 0 Å². The number of ether oxygens (including phenoxy) is 1. The Labute approximate surface area is 170 Å². The fraction of sp³-hybridized carbons (Fsp3) is 0.348. The minimum atomic E-state index is -0.489. The molecule has 1 N–H and O–H groups in total. The van der Waals surface area contributed by atoms with E-state index in [0.29, 0.717) is 12.1 Å². The zero-order valence-electron chi connectivity index (χ0n) is 17.0. The number of hydrogen-bond donors (Lipinski definition) is 1. The Bertz CT molecular complexity index is 908. The van der Waals surface area contributed by atoms with E-state index in [0.717, 1.165) is 23.2 Å². The summed E-state index contributed by atoms with van der Waals surface area (Å²) in [5.41, 5.74) is 3.18. The Morgan fingerprint density at radius 1 is 1.10 bits per heavy atom. The number of anilines is 1. The van der Waals surface area contributed by atoms with Gasteiger partial charge in [-0.25, -0.2) is 0 Å². The molecule has 29 heavy (non-hydrogen) atoms. The van der Waals surface area contributed by atoms with Crippen LogP contribution in [0.4, 0.5) is 5.69 Å². The summed E-state index contributed by atoms with van der Waals surface area (Å²) in [5, 5.41) is 2.96. The second-order valence-corrected chi connectivity index (χ2v) is 7.44. The van der Waals surface area contributed by atoms with Gasteiger partial charge in [0.2, 0.25) is 5.91 Å². The van der Waals surface area contributed by atoms with E-state index >= 15 is 0 Å². The van der Waals surface area contributed by atoms with E-state index in [4.69, 9.17) is 4.74 Å². The van der Waals surface area contributed by atoms with E-state index in [1.54, 1.807) is 24.8 Å². The standard InChI is InChI=1S/C23H26N2O4/c1-15(2)29-22(27)14-20(17-7-5-4-6-8-17)24-23(28)19-9-10-21-18(13-19)11-12-25(21)16(3)26/h4-10,13,15,20H,11-12,14H2,1-3H3,(H,24,28)/t20-/m0/s1.